The maximum atomic E-state index is 11.6. The number of nitrogens with zero attached hydrogens (tertiary/aromatic N) is 3. The summed E-state index contributed by atoms with van der Waals surface area (Å²) in [5, 5.41) is 9.17. The molecule has 0 bridgehead atoms. The van der Waals surface area contributed by atoms with E-state index in [0.29, 0.717) is 44.0 Å². The van der Waals surface area contributed by atoms with Gasteiger partial charge < -0.3 is 20.3 Å². The number of nitriles is 1. The molecule has 1 heterocycles. The van der Waals surface area contributed by atoms with Crippen LogP contribution in [0.3, 0.4) is 0 Å². The maximum Gasteiger partial charge on any atom is 0.409 e. The quantitative estimate of drug-likeness (QED) is 0.825. The molecule has 0 aromatic heterocycles. The third kappa shape index (κ3) is 2.94. The van der Waals surface area contributed by atoms with Gasteiger partial charge in [0, 0.05) is 31.9 Å². The fourth-order valence-corrected chi connectivity index (χ4v) is 2.26. The molecular formula is C14H18N4O2. The van der Waals surface area contributed by atoms with E-state index in [1.54, 1.807) is 24.0 Å². The molecule has 0 atom stereocenters. The third-order valence-electron chi connectivity index (χ3n) is 3.29. The lowest BCUT2D eigenvalue weighted by Crippen LogP contribution is -2.49. The first-order valence-electron chi connectivity index (χ1n) is 6.62. The number of carbonyl (C=O) groups is 1. The Labute approximate surface area is 118 Å². The molecule has 20 heavy (non-hydrogen) atoms. The van der Waals surface area contributed by atoms with Crippen LogP contribution in [0.2, 0.25) is 0 Å². The van der Waals surface area contributed by atoms with E-state index in [0.717, 1.165) is 5.69 Å². The van der Waals surface area contributed by atoms with Gasteiger partial charge in [0.05, 0.1) is 17.9 Å². The summed E-state index contributed by atoms with van der Waals surface area (Å²) in [6.45, 7) is 4.72. The Balaban J connectivity index is 2.04. The molecule has 1 aromatic carbocycles. The first-order valence-corrected chi connectivity index (χ1v) is 6.62. The highest BCUT2D eigenvalue weighted by atomic mass is 16.6. The lowest BCUT2D eigenvalue weighted by molar-refractivity contribution is 0.105. The number of nitrogens with two attached hydrogens (primary N) is 1. The molecular weight excluding hydrogens is 256 g/mol. The predicted molar refractivity (Wildman–Crippen MR) is 76.4 cm³/mol. The van der Waals surface area contributed by atoms with Crippen LogP contribution >= 0.6 is 0 Å². The van der Waals surface area contributed by atoms with Gasteiger partial charge in [0.1, 0.15) is 6.07 Å². The van der Waals surface area contributed by atoms with Crippen LogP contribution < -0.4 is 10.6 Å². The van der Waals surface area contributed by atoms with Crippen molar-refractivity contribution in [3.8, 4) is 6.07 Å². The summed E-state index contributed by atoms with van der Waals surface area (Å²) < 4.78 is 4.98. The van der Waals surface area contributed by atoms with E-state index in [4.69, 9.17) is 15.7 Å². The van der Waals surface area contributed by atoms with Gasteiger partial charge in [0.15, 0.2) is 0 Å². The summed E-state index contributed by atoms with van der Waals surface area (Å²) in [7, 11) is 0. The highest BCUT2D eigenvalue weighted by Crippen LogP contribution is 2.23. The van der Waals surface area contributed by atoms with Gasteiger partial charge in [0.25, 0.3) is 0 Å². The Morgan fingerprint density at radius 2 is 2.10 bits per heavy atom. The molecule has 0 aliphatic carbocycles. The number of ether oxygens (including phenoxy) is 1. The number of benzene rings is 1. The SMILES string of the molecule is CCOC(=O)N1CCN(c2ccc(N)cc2C#N)CC1. The first-order chi connectivity index (χ1) is 9.65. The zero-order valence-corrected chi connectivity index (χ0v) is 11.5. The number of nitrogen functional groups attached to an aromatic ring is 1. The Hall–Kier alpha value is -2.42. The molecule has 0 radical (unpaired) electrons. The minimum absolute atomic E-state index is 0.273. The normalized spacial score (nSPS) is 14.8. The molecule has 1 aliphatic heterocycles. The average molecular weight is 274 g/mol. The number of amides is 1. The van der Waals surface area contributed by atoms with E-state index in [1.807, 2.05) is 6.07 Å². The Morgan fingerprint density at radius 1 is 1.40 bits per heavy atom. The lowest BCUT2D eigenvalue weighted by atomic mass is 10.1. The molecule has 1 saturated heterocycles. The van der Waals surface area contributed by atoms with Crippen LogP contribution in [0.15, 0.2) is 18.2 Å². The highest BCUT2D eigenvalue weighted by Gasteiger charge is 2.23. The number of carbonyl (C=O) groups excluding carboxylic acids is 1. The first kappa shape index (κ1) is 14.0. The molecule has 106 valence electrons. The van der Waals surface area contributed by atoms with E-state index >= 15 is 0 Å². The Bertz CT molecular complexity index is 530. The number of hydrogen-bond acceptors (Lipinski definition) is 5. The van der Waals surface area contributed by atoms with Crippen molar-refractivity contribution in [3.05, 3.63) is 23.8 Å². The van der Waals surface area contributed by atoms with Crippen molar-refractivity contribution in [2.75, 3.05) is 43.4 Å². The lowest BCUT2D eigenvalue weighted by Gasteiger charge is -2.35. The van der Waals surface area contributed by atoms with Gasteiger partial charge in [-0.05, 0) is 25.1 Å². The van der Waals surface area contributed by atoms with Crippen molar-refractivity contribution in [2.24, 2.45) is 0 Å². The van der Waals surface area contributed by atoms with E-state index in [-0.39, 0.29) is 6.09 Å². The molecule has 1 amide bonds. The van der Waals surface area contributed by atoms with Gasteiger partial charge in [0.2, 0.25) is 0 Å². The standard InChI is InChI=1S/C14H18N4O2/c1-2-20-14(19)18-7-5-17(6-8-18)13-4-3-12(16)9-11(13)10-15/h3-4,9H,2,5-8,16H2,1H3. The fourth-order valence-electron chi connectivity index (χ4n) is 2.26. The van der Waals surface area contributed by atoms with Crippen LogP contribution in [0.25, 0.3) is 0 Å². The molecule has 0 unspecified atom stereocenters. The van der Waals surface area contributed by atoms with Crippen molar-refractivity contribution in [1.82, 2.24) is 4.90 Å². The zero-order valence-electron chi connectivity index (χ0n) is 11.5. The average Bonchev–Trinajstić information content (AvgIpc) is 2.47. The van der Waals surface area contributed by atoms with E-state index in [2.05, 4.69) is 11.0 Å². The van der Waals surface area contributed by atoms with Crippen molar-refractivity contribution >= 4 is 17.5 Å². The maximum absolute atomic E-state index is 11.6. The van der Waals surface area contributed by atoms with Crippen molar-refractivity contribution in [2.45, 2.75) is 6.92 Å². The summed E-state index contributed by atoms with van der Waals surface area (Å²) in [6.07, 6.45) is -0.273. The second kappa shape index (κ2) is 6.15. The predicted octanol–water partition coefficient (Wildman–Crippen LogP) is 1.42. The van der Waals surface area contributed by atoms with Gasteiger partial charge in [-0.1, -0.05) is 0 Å². The molecule has 0 saturated carbocycles. The van der Waals surface area contributed by atoms with Gasteiger partial charge in [-0.25, -0.2) is 4.79 Å². The van der Waals surface area contributed by atoms with E-state index in [9.17, 15) is 4.79 Å². The second-order valence-corrected chi connectivity index (χ2v) is 4.56. The molecule has 6 heteroatoms. The number of anilines is 2. The summed E-state index contributed by atoms with van der Waals surface area (Å²) in [5.74, 6) is 0. The molecule has 1 aromatic rings. The van der Waals surface area contributed by atoms with Crippen molar-refractivity contribution in [1.29, 1.82) is 5.26 Å². The minimum Gasteiger partial charge on any atom is -0.450 e. The van der Waals surface area contributed by atoms with Crippen molar-refractivity contribution in [3.63, 3.8) is 0 Å². The van der Waals surface area contributed by atoms with Gasteiger partial charge in [-0.2, -0.15) is 5.26 Å². The van der Waals surface area contributed by atoms with Crippen molar-refractivity contribution < 1.29 is 9.53 Å². The fraction of sp³-hybridized carbons (Fsp3) is 0.429. The second-order valence-electron chi connectivity index (χ2n) is 4.56. The van der Waals surface area contributed by atoms with Gasteiger partial charge >= 0.3 is 6.09 Å². The van der Waals surface area contributed by atoms with Crippen LogP contribution in [0.1, 0.15) is 12.5 Å². The summed E-state index contributed by atoms with van der Waals surface area (Å²) in [5.41, 5.74) is 7.70. The third-order valence-corrected chi connectivity index (χ3v) is 3.29. The molecule has 6 nitrogen and oxygen atoms in total. The van der Waals surface area contributed by atoms with Gasteiger partial charge in [-0.15, -0.1) is 0 Å². The highest BCUT2D eigenvalue weighted by molar-refractivity contribution is 5.69. The number of rotatable bonds is 2. The monoisotopic (exact) mass is 274 g/mol. The summed E-state index contributed by atoms with van der Waals surface area (Å²) >= 11 is 0. The summed E-state index contributed by atoms with van der Waals surface area (Å²) in [6, 6.07) is 7.48. The Morgan fingerprint density at radius 3 is 2.70 bits per heavy atom. The van der Waals surface area contributed by atoms with E-state index in [1.165, 1.54) is 0 Å². The molecule has 1 fully saturated rings. The van der Waals surface area contributed by atoms with Crippen LogP contribution in [0.5, 0.6) is 0 Å². The largest absolute Gasteiger partial charge is 0.450 e. The van der Waals surface area contributed by atoms with E-state index < -0.39 is 0 Å². The number of piperazine rings is 1. The topological polar surface area (TPSA) is 82.6 Å². The molecule has 2 rings (SSSR count). The zero-order chi connectivity index (χ0) is 14.5. The van der Waals surface area contributed by atoms with Crippen LogP contribution in [0, 0.1) is 11.3 Å². The van der Waals surface area contributed by atoms with Gasteiger partial charge in [-0.3, -0.25) is 0 Å². The van der Waals surface area contributed by atoms with Crippen LogP contribution in [-0.2, 0) is 4.74 Å². The number of hydrogen-bond donors (Lipinski definition) is 1. The molecule has 2 N–H and O–H groups in total. The summed E-state index contributed by atoms with van der Waals surface area (Å²) in [4.78, 5) is 15.4. The molecule has 1 aliphatic rings. The molecule has 0 spiro atoms. The van der Waals surface area contributed by atoms with Crippen LogP contribution in [-0.4, -0.2) is 43.8 Å². The smallest absolute Gasteiger partial charge is 0.409 e. The minimum atomic E-state index is -0.273. The Kier molecular flexibility index (Phi) is 4.31. The van der Waals surface area contributed by atoms with Crippen LogP contribution in [0.4, 0.5) is 16.2 Å².